The first-order valence-electron chi connectivity index (χ1n) is 8.19. The van der Waals surface area contributed by atoms with E-state index in [1.807, 2.05) is 0 Å². The van der Waals surface area contributed by atoms with E-state index in [0.717, 1.165) is 0 Å². The second kappa shape index (κ2) is 7.61. The van der Waals surface area contributed by atoms with Gasteiger partial charge in [-0.3, -0.25) is 4.79 Å². The third-order valence-corrected chi connectivity index (χ3v) is 6.63. The minimum Gasteiger partial charge on any atom is -0.296 e. The Labute approximate surface area is 163 Å². The highest BCUT2D eigenvalue weighted by molar-refractivity contribution is 7.89. The van der Waals surface area contributed by atoms with Crippen LogP contribution in [-0.4, -0.2) is 31.9 Å². The van der Waals surface area contributed by atoms with Crippen LogP contribution in [-0.2, 0) is 10.0 Å². The average Bonchev–Trinajstić information content (AvgIpc) is 3.12. The molecular weight excluding hydrogens is 413 g/mol. The number of carbonyl (C=O) groups is 1. The highest BCUT2D eigenvalue weighted by Gasteiger charge is 2.41. The maximum absolute atomic E-state index is 13.0. The smallest absolute Gasteiger partial charge is 0.296 e. The van der Waals surface area contributed by atoms with E-state index in [1.54, 1.807) is 22.9 Å². The molecule has 1 atom stereocenters. The number of hydrogen-bond acceptors (Lipinski definition) is 5. The number of carbonyl (C=O) groups excluding carboxylic acids is 1. The molecule has 1 aromatic heterocycles. The number of hydrogen-bond donors (Lipinski definition) is 1. The van der Waals surface area contributed by atoms with Gasteiger partial charge >= 0.3 is 6.18 Å². The number of aromatic nitrogens is 1. The first-order chi connectivity index (χ1) is 13.2. The summed E-state index contributed by atoms with van der Waals surface area (Å²) in [6.07, 6.45) is -4.52. The van der Waals surface area contributed by atoms with Gasteiger partial charge in [0.2, 0.25) is 10.0 Å². The molecule has 0 radical (unpaired) electrons. The lowest BCUT2D eigenvalue weighted by Crippen LogP contribution is -2.44. The van der Waals surface area contributed by atoms with Gasteiger partial charge in [-0.05, 0) is 17.9 Å². The molecule has 5 nitrogen and oxygen atoms in total. The van der Waals surface area contributed by atoms with Crippen molar-refractivity contribution in [1.82, 2.24) is 9.71 Å². The van der Waals surface area contributed by atoms with Crippen molar-refractivity contribution in [2.45, 2.75) is 30.5 Å². The summed E-state index contributed by atoms with van der Waals surface area (Å²) in [6, 6.07) is 6.99. The number of benzene rings is 2. The molecule has 148 valence electrons. The number of alkyl halides is 3. The number of halogens is 3. The van der Waals surface area contributed by atoms with Crippen molar-refractivity contribution < 1.29 is 26.4 Å². The predicted molar refractivity (Wildman–Crippen MR) is 101 cm³/mol. The lowest BCUT2D eigenvalue weighted by Gasteiger charge is -2.21. The maximum Gasteiger partial charge on any atom is 0.404 e. The molecule has 28 heavy (non-hydrogen) atoms. The summed E-state index contributed by atoms with van der Waals surface area (Å²) < 4.78 is 66.3. The SMILES string of the molecule is CCC(NS(=O)(=O)c1ccc(-c2scnc2C=O)c2ccccc12)C(F)(F)F. The van der Waals surface area contributed by atoms with Crippen LogP contribution in [0.3, 0.4) is 0 Å². The van der Waals surface area contributed by atoms with E-state index in [9.17, 15) is 26.4 Å². The number of nitrogens with zero attached hydrogens (tertiary/aromatic N) is 1. The molecule has 1 unspecified atom stereocenters. The zero-order valence-corrected chi connectivity index (χ0v) is 16.2. The van der Waals surface area contributed by atoms with Gasteiger partial charge in [0.1, 0.15) is 11.7 Å². The van der Waals surface area contributed by atoms with Crippen molar-refractivity contribution in [2.24, 2.45) is 0 Å². The van der Waals surface area contributed by atoms with Gasteiger partial charge in [-0.25, -0.2) is 13.4 Å². The topological polar surface area (TPSA) is 76.1 Å². The van der Waals surface area contributed by atoms with Gasteiger partial charge in [-0.1, -0.05) is 37.3 Å². The van der Waals surface area contributed by atoms with Crippen LogP contribution in [0.4, 0.5) is 13.2 Å². The Hall–Kier alpha value is -2.30. The monoisotopic (exact) mass is 428 g/mol. The Morgan fingerprint density at radius 1 is 1.18 bits per heavy atom. The zero-order chi connectivity index (χ0) is 20.5. The molecular formula is C18H15F3N2O3S2. The summed E-state index contributed by atoms with van der Waals surface area (Å²) in [4.78, 5) is 15.5. The first-order valence-corrected chi connectivity index (χ1v) is 10.5. The number of rotatable bonds is 6. The van der Waals surface area contributed by atoms with Gasteiger partial charge < -0.3 is 0 Å². The molecule has 3 aromatic rings. The summed E-state index contributed by atoms with van der Waals surface area (Å²) in [5.74, 6) is 0. The fourth-order valence-corrected chi connectivity index (χ4v) is 5.19. The molecule has 0 aliphatic heterocycles. The largest absolute Gasteiger partial charge is 0.404 e. The fourth-order valence-electron chi connectivity index (χ4n) is 2.88. The Morgan fingerprint density at radius 3 is 2.46 bits per heavy atom. The van der Waals surface area contributed by atoms with E-state index < -0.39 is 28.7 Å². The van der Waals surface area contributed by atoms with Crippen LogP contribution in [0.15, 0.2) is 46.8 Å². The molecule has 1 heterocycles. The minimum absolute atomic E-state index is 0.215. The molecule has 1 N–H and O–H groups in total. The van der Waals surface area contributed by atoms with Crippen molar-refractivity contribution in [3.8, 4) is 10.4 Å². The molecule has 0 aliphatic carbocycles. The molecule has 10 heteroatoms. The normalized spacial score (nSPS) is 13.6. The third kappa shape index (κ3) is 3.80. The summed E-state index contributed by atoms with van der Waals surface area (Å²) in [5.41, 5.74) is 2.30. The Morgan fingerprint density at radius 2 is 1.86 bits per heavy atom. The quantitative estimate of drug-likeness (QED) is 0.591. The molecule has 0 fully saturated rings. The molecule has 0 saturated heterocycles. The lowest BCUT2D eigenvalue weighted by molar-refractivity contribution is -0.151. The fraction of sp³-hybridized carbons (Fsp3) is 0.222. The lowest BCUT2D eigenvalue weighted by atomic mass is 10.0. The highest BCUT2D eigenvalue weighted by atomic mass is 32.2. The average molecular weight is 428 g/mol. The first kappa shape index (κ1) is 20.4. The van der Waals surface area contributed by atoms with Crippen LogP contribution in [0.25, 0.3) is 21.2 Å². The zero-order valence-electron chi connectivity index (χ0n) is 14.5. The van der Waals surface area contributed by atoms with Crippen LogP contribution in [0.1, 0.15) is 23.8 Å². The van der Waals surface area contributed by atoms with Crippen molar-refractivity contribution >= 4 is 38.4 Å². The molecule has 3 rings (SSSR count). The van der Waals surface area contributed by atoms with Crippen molar-refractivity contribution in [3.63, 3.8) is 0 Å². The van der Waals surface area contributed by atoms with E-state index in [4.69, 9.17) is 0 Å². The molecule has 0 spiro atoms. The maximum atomic E-state index is 13.0. The minimum atomic E-state index is -4.70. The van der Waals surface area contributed by atoms with Crippen LogP contribution >= 0.6 is 11.3 Å². The van der Waals surface area contributed by atoms with E-state index in [-0.39, 0.29) is 16.0 Å². The van der Waals surface area contributed by atoms with E-state index >= 15 is 0 Å². The Bertz CT molecular complexity index is 1120. The molecule has 2 aromatic carbocycles. The second-order valence-electron chi connectivity index (χ2n) is 5.97. The van der Waals surface area contributed by atoms with Gasteiger partial charge in [0.25, 0.3) is 0 Å². The summed E-state index contributed by atoms with van der Waals surface area (Å²) in [6.45, 7) is 1.26. The van der Waals surface area contributed by atoms with Crippen LogP contribution in [0, 0.1) is 0 Å². The summed E-state index contributed by atoms with van der Waals surface area (Å²) >= 11 is 1.22. The van der Waals surface area contributed by atoms with E-state index in [1.165, 1.54) is 42.0 Å². The number of nitrogens with one attached hydrogen (secondary N) is 1. The van der Waals surface area contributed by atoms with E-state index in [0.29, 0.717) is 22.1 Å². The molecule has 0 aliphatic rings. The van der Waals surface area contributed by atoms with Crippen molar-refractivity contribution in [2.75, 3.05) is 0 Å². The number of aldehydes is 1. The third-order valence-electron chi connectivity index (χ3n) is 4.23. The van der Waals surface area contributed by atoms with Gasteiger partial charge in [0.05, 0.1) is 15.3 Å². The second-order valence-corrected chi connectivity index (χ2v) is 8.50. The molecule has 0 saturated carbocycles. The van der Waals surface area contributed by atoms with Crippen LogP contribution in [0.5, 0.6) is 0 Å². The Balaban J connectivity index is 2.17. The van der Waals surface area contributed by atoms with Crippen molar-refractivity contribution in [1.29, 1.82) is 0 Å². The van der Waals surface area contributed by atoms with Crippen LogP contribution in [0.2, 0.25) is 0 Å². The number of fused-ring (bicyclic) bond motifs is 1. The molecule has 0 bridgehead atoms. The number of sulfonamides is 1. The summed E-state index contributed by atoms with van der Waals surface area (Å²) in [5, 5.41) is 0.757. The number of thiazole rings is 1. The van der Waals surface area contributed by atoms with E-state index in [2.05, 4.69) is 4.98 Å². The van der Waals surface area contributed by atoms with Gasteiger partial charge in [-0.2, -0.15) is 17.9 Å². The Kier molecular flexibility index (Phi) is 5.55. The standard InChI is InChI=1S/C18H15F3N2O3S2/c1-2-16(18(19,20)21)23-28(25,26)15-8-7-13(11-5-3-4-6-12(11)15)17-14(9-24)22-10-27-17/h3-10,16,23H,2H2,1H3. The highest BCUT2D eigenvalue weighted by Crippen LogP contribution is 2.36. The summed E-state index contributed by atoms with van der Waals surface area (Å²) in [7, 11) is -4.43. The van der Waals surface area contributed by atoms with Gasteiger partial charge in [0.15, 0.2) is 6.29 Å². The predicted octanol–water partition coefficient (Wildman–Crippen LogP) is 4.40. The van der Waals surface area contributed by atoms with Gasteiger partial charge in [-0.15, -0.1) is 11.3 Å². The van der Waals surface area contributed by atoms with Gasteiger partial charge in [0, 0.05) is 10.9 Å². The van der Waals surface area contributed by atoms with Crippen LogP contribution < -0.4 is 4.72 Å². The van der Waals surface area contributed by atoms with Crippen molar-refractivity contribution in [3.05, 3.63) is 47.6 Å². The molecule has 0 amide bonds.